The van der Waals surface area contributed by atoms with E-state index in [1.165, 1.54) is 26.9 Å². The summed E-state index contributed by atoms with van der Waals surface area (Å²) in [6.45, 7) is 2.80. The molecule has 0 spiro atoms. The van der Waals surface area contributed by atoms with Crippen LogP contribution in [0.15, 0.2) is 42.5 Å². The lowest BCUT2D eigenvalue weighted by atomic mass is 9.88. The molecule has 4 rings (SSSR count). The van der Waals surface area contributed by atoms with Crippen LogP contribution in [0.1, 0.15) is 41.6 Å². The first-order valence-corrected chi connectivity index (χ1v) is 12.5. The Kier molecular flexibility index (Phi) is 8.16. The van der Waals surface area contributed by atoms with Gasteiger partial charge < -0.3 is 24.0 Å². The zero-order chi connectivity index (χ0) is 24.8. The Hall–Kier alpha value is -3.22. The van der Waals surface area contributed by atoms with Gasteiger partial charge in [-0.05, 0) is 55.7 Å². The molecule has 0 unspecified atom stereocenters. The fourth-order valence-electron chi connectivity index (χ4n) is 5.28. The Morgan fingerprint density at radius 2 is 1.37 bits per heavy atom. The van der Waals surface area contributed by atoms with Crippen molar-refractivity contribution in [2.75, 3.05) is 47.5 Å². The Bertz CT molecular complexity index is 984. The number of piperidine rings is 2. The summed E-state index contributed by atoms with van der Waals surface area (Å²) in [5, 5.41) is 0. The van der Waals surface area contributed by atoms with Crippen LogP contribution < -0.4 is 14.2 Å². The topological polar surface area (TPSA) is 68.3 Å². The number of benzene rings is 2. The predicted molar refractivity (Wildman–Crippen MR) is 134 cm³/mol. The van der Waals surface area contributed by atoms with Crippen LogP contribution in [0.5, 0.6) is 17.2 Å². The Morgan fingerprint density at radius 1 is 0.800 bits per heavy atom. The number of ether oxygens (including phenoxy) is 3. The summed E-state index contributed by atoms with van der Waals surface area (Å²) < 4.78 is 16.1. The fourth-order valence-corrected chi connectivity index (χ4v) is 5.28. The van der Waals surface area contributed by atoms with E-state index in [0.29, 0.717) is 54.7 Å². The SMILES string of the molecule is COc1cc(C(=O)N2CCC(C(=O)N3CCC(Cc4ccccc4)CC3)CC2)cc(OC)c1OC. The largest absolute Gasteiger partial charge is 0.493 e. The van der Waals surface area contributed by atoms with Crippen molar-refractivity contribution in [2.45, 2.75) is 32.1 Å². The van der Waals surface area contributed by atoms with Crippen LogP contribution in [0.3, 0.4) is 0 Å². The second kappa shape index (κ2) is 11.5. The summed E-state index contributed by atoms with van der Waals surface area (Å²) in [5.74, 6) is 2.17. The Balaban J connectivity index is 1.29. The quantitative estimate of drug-likeness (QED) is 0.598. The summed E-state index contributed by atoms with van der Waals surface area (Å²) in [6, 6.07) is 14.0. The lowest BCUT2D eigenvalue weighted by molar-refractivity contribution is -0.138. The van der Waals surface area contributed by atoms with Gasteiger partial charge in [-0.25, -0.2) is 0 Å². The average molecular weight is 481 g/mol. The van der Waals surface area contributed by atoms with Crippen molar-refractivity contribution >= 4 is 11.8 Å². The smallest absolute Gasteiger partial charge is 0.254 e. The van der Waals surface area contributed by atoms with Crippen molar-refractivity contribution in [1.29, 1.82) is 0 Å². The first-order chi connectivity index (χ1) is 17.0. The van der Waals surface area contributed by atoms with E-state index in [0.717, 1.165) is 32.4 Å². The van der Waals surface area contributed by atoms with E-state index in [2.05, 4.69) is 24.3 Å². The highest BCUT2D eigenvalue weighted by atomic mass is 16.5. The number of hydrogen-bond acceptors (Lipinski definition) is 5. The van der Waals surface area contributed by atoms with E-state index < -0.39 is 0 Å². The molecule has 7 nitrogen and oxygen atoms in total. The third kappa shape index (κ3) is 5.72. The van der Waals surface area contributed by atoms with Crippen LogP contribution in [-0.4, -0.2) is 69.1 Å². The van der Waals surface area contributed by atoms with Gasteiger partial charge in [-0.1, -0.05) is 30.3 Å². The molecule has 0 N–H and O–H groups in total. The van der Waals surface area contributed by atoms with E-state index in [1.807, 2.05) is 15.9 Å². The van der Waals surface area contributed by atoms with Gasteiger partial charge in [-0.3, -0.25) is 9.59 Å². The third-order valence-corrected chi connectivity index (χ3v) is 7.34. The van der Waals surface area contributed by atoms with Crippen molar-refractivity contribution in [3.05, 3.63) is 53.6 Å². The fraction of sp³-hybridized carbons (Fsp3) is 0.500. The normalized spacial score (nSPS) is 17.2. The van der Waals surface area contributed by atoms with E-state index in [4.69, 9.17) is 14.2 Å². The van der Waals surface area contributed by atoms with Gasteiger partial charge in [0.25, 0.3) is 5.91 Å². The van der Waals surface area contributed by atoms with Crippen LogP contribution in [0.25, 0.3) is 0 Å². The van der Waals surface area contributed by atoms with Gasteiger partial charge in [0.2, 0.25) is 11.7 Å². The highest BCUT2D eigenvalue weighted by Crippen LogP contribution is 2.38. The minimum Gasteiger partial charge on any atom is -0.493 e. The summed E-state index contributed by atoms with van der Waals surface area (Å²) in [4.78, 5) is 30.2. The number of methoxy groups -OCH3 is 3. The van der Waals surface area contributed by atoms with Crippen molar-refractivity contribution in [2.24, 2.45) is 11.8 Å². The molecule has 0 aliphatic carbocycles. The van der Waals surface area contributed by atoms with Crippen molar-refractivity contribution < 1.29 is 23.8 Å². The number of hydrogen-bond donors (Lipinski definition) is 0. The molecule has 2 aliphatic rings. The molecule has 2 fully saturated rings. The molecule has 2 aromatic carbocycles. The molecule has 0 saturated carbocycles. The van der Waals surface area contributed by atoms with Crippen molar-refractivity contribution in [3.63, 3.8) is 0 Å². The maximum Gasteiger partial charge on any atom is 0.254 e. The molecule has 2 heterocycles. The van der Waals surface area contributed by atoms with Gasteiger partial charge in [0, 0.05) is 37.7 Å². The summed E-state index contributed by atoms with van der Waals surface area (Å²) in [5.41, 5.74) is 1.87. The Labute approximate surface area is 207 Å². The lowest BCUT2D eigenvalue weighted by Crippen LogP contribution is -2.46. The molecule has 2 aromatic rings. The van der Waals surface area contributed by atoms with E-state index in [1.54, 1.807) is 12.1 Å². The highest BCUT2D eigenvalue weighted by Gasteiger charge is 2.32. The summed E-state index contributed by atoms with van der Waals surface area (Å²) in [6.07, 6.45) is 4.58. The van der Waals surface area contributed by atoms with Crippen molar-refractivity contribution in [1.82, 2.24) is 9.80 Å². The first kappa shape index (κ1) is 24.9. The molecule has 0 aromatic heterocycles. The zero-order valence-corrected chi connectivity index (χ0v) is 21.0. The molecule has 0 atom stereocenters. The van der Waals surface area contributed by atoms with Gasteiger partial charge in [-0.15, -0.1) is 0 Å². The minimum atomic E-state index is -0.0862. The van der Waals surface area contributed by atoms with Crippen LogP contribution in [0.4, 0.5) is 0 Å². The van der Waals surface area contributed by atoms with Gasteiger partial charge in [0.05, 0.1) is 21.3 Å². The molecule has 2 amide bonds. The second-order valence-electron chi connectivity index (χ2n) is 9.44. The number of amides is 2. The average Bonchev–Trinajstić information content (AvgIpc) is 2.92. The third-order valence-electron chi connectivity index (χ3n) is 7.34. The van der Waals surface area contributed by atoms with Crippen molar-refractivity contribution in [3.8, 4) is 17.2 Å². The Morgan fingerprint density at radius 3 is 1.91 bits per heavy atom. The molecule has 35 heavy (non-hydrogen) atoms. The molecule has 0 radical (unpaired) electrons. The zero-order valence-electron chi connectivity index (χ0n) is 21.0. The first-order valence-electron chi connectivity index (χ1n) is 12.5. The highest BCUT2D eigenvalue weighted by molar-refractivity contribution is 5.96. The molecular weight excluding hydrogens is 444 g/mol. The predicted octanol–water partition coefficient (Wildman–Crippen LogP) is 4.05. The van der Waals surface area contributed by atoms with Gasteiger partial charge in [-0.2, -0.15) is 0 Å². The van der Waals surface area contributed by atoms with Crippen LogP contribution >= 0.6 is 0 Å². The van der Waals surface area contributed by atoms with E-state index in [-0.39, 0.29) is 17.7 Å². The lowest BCUT2D eigenvalue weighted by Gasteiger charge is -2.37. The number of likely N-dealkylation sites (tertiary alicyclic amines) is 2. The standard InChI is InChI=1S/C28H36N2O5/c1-33-24-18-23(19-25(34-2)26(24)35-3)28(32)30-15-11-22(12-16-30)27(31)29-13-9-21(10-14-29)17-20-7-5-4-6-8-20/h4-8,18-19,21-22H,9-17H2,1-3H3. The maximum atomic E-state index is 13.2. The van der Waals surface area contributed by atoms with Gasteiger partial charge in [0.15, 0.2) is 11.5 Å². The van der Waals surface area contributed by atoms with Crippen LogP contribution in [0, 0.1) is 11.8 Å². The maximum absolute atomic E-state index is 13.2. The number of carbonyl (C=O) groups excluding carboxylic acids is 2. The van der Waals surface area contributed by atoms with Crippen LogP contribution in [0.2, 0.25) is 0 Å². The minimum absolute atomic E-state index is 0.00957. The van der Waals surface area contributed by atoms with E-state index in [9.17, 15) is 9.59 Å². The molecule has 0 bridgehead atoms. The van der Waals surface area contributed by atoms with Crippen LogP contribution in [-0.2, 0) is 11.2 Å². The molecular formula is C28H36N2O5. The molecule has 188 valence electrons. The van der Waals surface area contributed by atoms with Gasteiger partial charge in [0.1, 0.15) is 0 Å². The van der Waals surface area contributed by atoms with Gasteiger partial charge >= 0.3 is 0 Å². The molecule has 2 saturated heterocycles. The number of nitrogens with zero attached hydrogens (tertiary/aromatic N) is 2. The van der Waals surface area contributed by atoms with E-state index >= 15 is 0 Å². The molecule has 2 aliphatic heterocycles. The number of rotatable bonds is 7. The number of carbonyl (C=O) groups is 2. The monoisotopic (exact) mass is 480 g/mol. The molecule has 7 heteroatoms. The summed E-state index contributed by atoms with van der Waals surface area (Å²) >= 11 is 0. The second-order valence-corrected chi connectivity index (χ2v) is 9.44. The summed E-state index contributed by atoms with van der Waals surface area (Å²) in [7, 11) is 4.61.